The van der Waals surface area contributed by atoms with Crippen LogP contribution in [0, 0.1) is 6.92 Å². The molecule has 28 heavy (non-hydrogen) atoms. The summed E-state index contributed by atoms with van der Waals surface area (Å²) in [6.45, 7) is 3.73. The van der Waals surface area contributed by atoms with E-state index >= 15 is 0 Å². The lowest BCUT2D eigenvalue weighted by molar-refractivity contribution is 0.558. The summed E-state index contributed by atoms with van der Waals surface area (Å²) in [5.41, 5.74) is -0.206. The molecule has 0 saturated heterocycles. The molecule has 0 spiro atoms. The first-order valence-corrected chi connectivity index (χ1v) is 11.1. The minimum Gasteiger partial charge on any atom is -0.296 e. The third-order valence-electron chi connectivity index (χ3n) is 4.97. The maximum atomic E-state index is 13.0. The fourth-order valence-electron chi connectivity index (χ4n) is 3.09. The van der Waals surface area contributed by atoms with Gasteiger partial charge in [-0.1, -0.05) is 0 Å². The number of benzene rings is 1. The van der Waals surface area contributed by atoms with Crippen molar-refractivity contribution in [3.8, 4) is 0 Å². The van der Waals surface area contributed by atoms with E-state index in [1.807, 2.05) is 19.2 Å². The predicted molar refractivity (Wildman–Crippen MR) is 107 cm³/mol. The van der Waals surface area contributed by atoms with Gasteiger partial charge in [-0.15, -0.1) is 11.3 Å². The number of hydrogen-bond acceptors (Lipinski definition) is 6. The number of thiazole rings is 1. The van der Waals surface area contributed by atoms with Crippen LogP contribution in [0.4, 0.5) is 0 Å². The van der Waals surface area contributed by atoms with E-state index in [0.29, 0.717) is 10.5 Å². The monoisotopic (exact) mass is 420 g/mol. The Morgan fingerprint density at radius 2 is 2.00 bits per heavy atom. The first-order chi connectivity index (χ1) is 13.1. The molecular formula is C18H20N4O4S2. The predicted octanol–water partition coefficient (Wildman–Crippen LogP) is 1.34. The Balaban J connectivity index is 1.86. The number of fused-ring (bicyclic) bond motifs is 1. The molecule has 0 aliphatic heterocycles. The molecule has 0 amide bonds. The van der Waals surface area contributed by atoms with Crippen molar-refractivity contribution in [1.29, 1.82) is 0 Å². The van der Waals surface area contributed by atoms with Crippen LogP contribution >= 0.6 is 11.3 Å². The van der Waals surface area contributed by atoms with E-state index in [0.717, 1.165) is 23.1 Å². The van der Waals surface area contributed by atoms with Crippen LogP contribution in [-0.2, 0) is 23.6 Å². The lowest BCUT2D eigenvalue weighted by Crippen LogP contribution is -2.39. The summed E-state index contributed by atoms with van der Waals surface area (Å²) in [5.74, 6) is 0. The number of rotatable bonds is 5. The van der Waals surface area contributed by atoms with Crippen molar-refractivity contribution in [2.45, 2.75) is 43.7 Å². The normalized spacial score (nSPS) is 15.8. The largest absolute Gasteiger partial charge is 0.331 e. The van der Waals surface area contributed by atoms with Gasteiger partial charge in [0.25, 0.3) is 5.56 Å². The smallest absolute Gasteiger partial charge is 0.296 e. The highest BCUT2D eigenvalue weighted by atomic mass is 32.2. The van der Waals surface area contributed by atoms with Crippen molar-refractivity contribution in [3.63, 3.8) is 0 Å². The minimum absolute atomic E-state index is 0.0144. The Bertz CT molecular complexity index is 1310. The Labute approximate surface area is 165 Å². The molecule has 4 rings (SSSR count). The Morgan fingerprint density at radius 3 is 2.61 bits per heavy atom. The summed E-state index contributed by atoms with van der Waals surface area (Å²) in [7, 11) is -2.19. The second kappa shape index (κ2) is 6.36. The molecule has 1 aromatic carbocycles. The minimum atomic E-state index is -3.75. The van der Waals surface area contributed by atoms with Crippen molar-refractivity contribution in [2.24, 2.45) is 7.05 Å². The second-order valence-electron chi connectivity index (χ2n) is 7.46. The number of nitrogens with zero attached hydrogens (tertiary/aromatic N) is 3. The molecule has 2 aromatic heterocycles. The third kappa shape index (κ3) is 3.31. The summed E-state index contributed by atoms with van der Waals surface area (Å²) >= 11 is 1.37. The summed E-state index contributed by atoms with van der Waals surface area (Å²) in [6, 6.07) is 4.26. The summed E-state index contributed by atoms with van der Waals surface area (Å²) in [6.07, 6.45) is 1.57. The molecular weight excluding hydrogens is 400 g/mol. The van der Waals surface area contributed by atoms with Gasteiger partial charge in [-0.25, -0.2) is 22.9 Å². The first-order valence-electron chi connectivity index (χ1n) is 8.78. The number of nitrogens with one attached hydrogen (secondary N) is 1. The van der Waals surface area contributed by atoms with Crippen molar-refractivity contribution in [1.82, 2.24) is 18.8 Å². The average molecular weight is 421 g/mol. The van der Waals surface area contributed by atoms with Gasteiger partial charge in [0.05, 0.1) is 22.3 Å². The average Bonchev–Trinajstić information content (AvgIpc) is 3.20. The molecule has 8 nitrogen and oxygen atoms in total. The first kappa shape index (κ1) is 19.0. The molecule has 148 valence electrons. The number of aromatic nitrogens is 3. The van der Waals surface area contributed by atoms with Gasteiger partial charge in [0.2, 0.25) is 10.0 Å². The van der Waals surface area contributed by atoms with Gasteiger partial charge in [-0.05, 0) is 44.9 Å². The summed E-state index contributed by atoms with van der Waals surface area (Å²) in [4.78, 5) is 30.0. The molecule has 0 radical (unpaired) electrons. The molecule has 1 fully saturated rings. The molecule has 1 saturated carbocycles. The van der Waals surface area contributed by atoms with Crippen LogP contribution in [0.3, 0.4) is 0 Å². The molecule has 1 aliphatic carbocycles. The summed E-state index contributed by atoms with van der Waals surface area (Å²) < 4.78 is 30.5. The van der Waals surface area contributed by atoms with Gasteiger partial charge < -0.3 is 0 Å². The highest BCUT2D eigenvalue weighted by molar-refractivity contribution is 7.89. The van der Waals surface area contributed by atoms with E-state index in [1.165, 1.54) is 34.1 Å². The van der Waals surface area contributed by atoms with E-state index in [9.17, 15) is 18.0 Å². The zero-order valence-electron chi connectivity index (χ0n) is 15.7. The molecule has 1 aliphatic rings. The number of hydrogen-bond donors (Lipinski definition) is 1. The van der Waals surface area contributed by atoms with Crippen molar-refractivity contribution in [2.75, 3.05) is 0 Å². The topological polar surface area (TPSA) is 103 Å². The maximum Gasteiger partial charge on any atom is 0.331 e. The molecule has 0 unspecified atom stereocenters. The van der Waals surface area contributed by atoms with Gasteiger partial charge in [-0.3, -0.25) is 13.9 Å². The third-order valence-corrected chi connectivity index (χ3v) is 7.56. The fraction of sp³-hybridized carbons (Fsp3) is 0.389. The van der Waals surface area contributed by atoms with Crippen molar-refractivity contribution >= 4 is 32.3 Å². The molecule has 0 bridgehead atoms. The zero-order valence-corrected chi connectivity index (χ0v) is 17.4. The standard InChI is InChI=1S/C18H20N4O4S2/c1-11-10-27-15(19-11)9-22-16(23)13-8-12(4-5-14(13)21(3)17(22)24)28(25,26)20-18(2)6-7-18/h4-5,8,10,20H,6-7,9H2,1-3H3. The van der Waals surface area contributed by atoms with E-state index in [1.54, 1.807) is 7.05 Å². The number of sulfonamides is 1. The van der Waals surface area contributed by atoms with E-state index in [-0.39, 0.29) is 16.8 Å². The number of aryl methyl sites for hydroxylation is 2. The zero-order chi connectivity index (χ0) is 20.3. The summed E-state index contributed by atoms with van der Waals surface area (Å²) in [5, 5.41) is 2.67. The second-order valence-corrected chi connectivity index (χ2v) is 10.1. The van der Waals surface area contributed by atoms with E-state index < -0.39 is 26.8 Å². The van der Waals surface area contributed by atoms with Crippen LogP contribution in [0.5, 0.6) is 0 Å². The molecule has 3 aromatic rings. The Kier molecular flexibility index (Phi) is 4.32. The Hall–Kier alpha value is -2.30. The van der Waals surface area contributed by atoms with Crippen LogP contribution in [0.2, 0.25) is 0 Å². The van der Waals surface area contributed by atoms with Crippen molar-refractivity contribution < 1.29 is 8.42 Å². The van der Waals surface area contributed by atoms with Gasteiger partial charge in [0.15, 0.2) is 0 Å². The lowest BCUT2D eigenvalue weighted by Gasteiger charge is -2.14. The quantitative estimate of drug-likeness (QED) is 0.671. The van der Waals surface area contributed by atoms with Gasteiger partial charge in [-0.2, -0.15) is 0 Å². The highest BCUT2D eigenvalue weighted by Crippen LogP contribution is 2.36. The van der Waals surface area contributed by atoms with Gasteiger partial charge in [0.1, 0.15) is 5.01 Å². The van der Waals surface area contributed by atoms with Gasteiger partial charge in [0, 0.05) is 23.7 Å². The highest BCUT2D eigenvalue weighted by Gasteiger charge is 2.41. The fourth-order valence-corrected chi connectivity index (χ4v) is 5.34. The van der Waals surface area contributed by atoms with Gasteiger partial charge >= 0.3 is 5.69 Å². The van der Waals surface area contributed by atoms with Crippen LogP contribution < -0.4 is 16.0 Å². The van der Waals surface area contributed by atoms with Crippen LogP contribution in [0.15, 0.2) is 38.1 Å². The lowest BCUT2D eigenvalue weighted by atomic mass is 10.2. The van der Waals surface area contributed by atoms with E-state index in [4.69, 9.17) is 0 Å². The maximum absolute atomic E-state index is 13.0. The molecule has 10 heteroatoms. The van der Waals surface area contributed by atoms with Crippen LogP contribution in [0.1, 0.15) is 30.5 Å². The molecule has 1 N–H and O–H groups in total. The SMILES string of the molecule is Cc1csc(Cn2c(=O)c3cc(S(=O)(=O)NC4(C)CC4)ccc3n(C)c2=O)n1. The Morgan fingerprint density at radius 1 is 1.29 bits per heavy atom. The van der Waals surface area contributed by atoms with Crippen molar-refractivity contribution in [3.05, 3.63) is 55.1 Å². The molecule has 2 heterocycles. The van der Waals surface area contributed by atoms with Crippen LogP contribution in [0.25, 0.3) is 10.9 Å². The molecule has 0 atom stereocenters. The van der Waals surface area contributed by atoms with Crippen LogP contribution in [-0.4, -0.2) is 28.1 Å². The van der Waals surface area contributed by atoms with E-state index in [2.05, 4.69) is 9.71 Å².